The van der Waals surface area contributed by atoms with Crippen LogP contribution in [0.25, 0.3) is 0 Å². The normalized spacial score (nSPS) is 14.5. The molecule has 0 unspecified atom stereocenters. The van der Waals surface area contributed by atoms with Crippen LogP contribution in [0.15, 0.2) is 18.7 Å². The zero-order valence-corrected chi connectivity index (χ0v) is 6.84. The fourth-order valence-corrected chi connectivity index (χ4v) is 0.510. The van der Waals surface area contributed by atoms with Crippen molar-refractivity contribution >= 4 is 12.4 Å². The molecule has 1 N–H and O–H groups in total. The SMILES string of the molecule is C1COCO1.Cl.c1c[nH]cn1. The Morgan fingerprint density at radius 1 is 1.27 bits per heavy atom. The van der Waals surface area contributed by atoms with Gasteiger partial charge in [-0.05, 0) is 0 Å². The van der Waals surface area contributed by atoms with Gasteiger partial charge >= 0.3 is 0 Å². The van der Waals surface area contributed by atoms with Crippen LogP contribution in [0.5, 0.6) is 0 Å². The fourth-order valence-electron chi connectivity index (χ4n) is 0.510. The number of rotatable bonds is 0. The van der Waals surface area contributed by atoms with Gasteiger partial charge in [-0.2, -0.15) is 0 Å². The summed E-state index contributed by atoms with van der Waals surface area (Å²) < 4.78 is 9.44. The highest BCUT2D eigenvalue weighted by Crippen LogP contribution is 1.85. The summed E-state index contributed by atoms with van der Waals surface area (Å²) in [5, 5.41) is 0. The van der Waals surface area contributed by atoms with Gasteiger partial charge < -0.3 is 14.5 Å². The molecule has 1 aliphatic rings. The van der Waals surface area contributed by atoms with Crippen LogP contribution in [-0.4, -0.2) is 30.0 Å². The molecule has 0 atom stereocenters. The molecule has 2 rings (SSSR count). The minimum atomic E-state index is 0. The second-order valence-electron chi connectivity index (χ2n) is 1.69. The zero-order valence-electron chi connectivity index (χ0n) is 6.03. The monoisotopic (exact) mass is 178 g/mol. The second-order valence-corrected chi connectivity index (χ2v) is 1.69. The molecule has 0 aromatic carbocycles. The molecule has 4 nitrogen and oxygen atoms in total. The summed E-state index contributed by atoms with van der Waals surface area (Å²) in [6.07, 6.45) is 5.08. The summed E-state index contributed by atoms with van der Waals surface area (Å²) in [6.45, 7) is 2.06. The molecule has 11 heavy (non-hydrogen) atoms. The zero-order chi connectivity index (χ0) is 7.07. The molecule has 64 valence electrons. The van der Waals surface area contributed by atoms with Crippen molar-refractivity contribution in [2.75, 3.05) is 20.0 Å². The largest absolute Gasteiger partial charge is 0.353 e. The maximum absolute atomic E-state index is 4.72. The van der Waals surface area contributed by atoms with Gasteiger partial charge in [-0.3, -0.25) is 0 Å². The van der Waals surface area contributed by atoms with Crippen LogP contribution in [0.2, 0.25) is 0 Å². The molecule has 0 spiro atoms. The van der Waals surface area contributed by atoms with E-state index in [2.05, 4.69) is 9.97 Å². The van der Waals surface area contributed by atoms with Crippen LogP contribution >= 0.6 is 12.4 Å². The van der Waals surface area contributed by atoms with E-state index in [0.29, 0.717) is 6.79 Å². The number of nitrogens with one attached hydrogen (secondary N) is 1. The smallest absolute Gasteiger partial charge is 0.146 e. The standard InChI is InChI=1S/C3H4N2.C3H6O2.ClH/c2*1-2-5-3-4-1;/h1-3H,(H,4,5);1-3H2;1H. The van der Waals surface area contributed by atoms with Crippen LogP contribution in [0.4, 0.5) is 0 Å². The van der Waals surface area contributed by atoms with Crippen LogP contribution in [0.1, 0.15) is 0 Å². The van der Waals surface area contributed by atoms with E-state index in [0.717, 1.165) is 13.2 Å². The average Bonchev–Trinajstić information content (AvgIpc) is 2.67. The lowest BCUT2D eigenvalue weighted by Crippen LogP contribution is -1.79. The van der Waals surface area contributed by atoms with Gasteiger partial charge in [-0.25, -0.2) is 4.98 Å². The quantitative estimate of drug-likeness (QED) is 0.640. The Morgan fingerprint density at radius 2 is 2.00 bits per heavy atom. The van der Waals surface area contributed by atoms with Crippen molar-refractivity contribution < 1.29 is 9.47 Å². The third-order valence-corrected chi connectivity index (χ3v) is 0.945. The van der Waals surface area contributed by atoms with Crippen LogP contribution < -0.4 is 0 Å². The molecule has 5 heteroatoms. The summed E-state index contributed by atoms with van der Waals surface area (Å²) in [5.41, 5.74) is 0. The van der Waals surface area contributed by atoms with Gasteiger partial charge in [-0.15, -0.1) is 12.4 Å². The Bertz CT molecular complexity index is 117. The van der Waals surface area contributed by atoms with E-state index in [1.807, 2.05) is 0 Å². The minimum Gasteiger partial charge on any atom is -0.353 e. The Balaban J connectivity index is 0.000000167. The molecule has 0 radical (unpaired) electrons. The lowest BCUT2D eigenvalue weighted by molar-refractivity contribution is 0.0692. The molecule has 0 bridgehead atoms. The van der Waals surface area contributed by atoms with Gasteiger partial charge in [0.25, 0.3) is 0 Å². The van der Waals surface area contributed by atoms with E-state index >= 15 is 0 Å². The molecule has 2 heterocycles. The van der Waals surface area contributed by atoms with E-state index in [-0.39, 0.29) is 12.4 Å². The number of aromatic nitrogens is 2. The van der Waals surface area contributed by atoms with Crippen LogP contribution in [-0.2, 0) is 9.47 Å². The van der Waals surface area contributed by atoms with Gasteiger partial charge in [0.2, 0.25) is 0 Å². The molecular weight excluding hydrogens is 168 g/mol. The highest BCUT2D eigenvalue weighted by atomic mass is 35.5. The van der Waals surface area contributed by atoms with Gasteiger partial charge in [-0.1, -0.05) is 0 Å². The lowest BCUT2D eigenvalue weighted by Gasteiger charge is -1.76. The highest BCUT2D eigenvalue weighted by Gasteiger charge is 1.93. The Labute approximate surface area is 71.3 Å². The van der Waals surface area contributed by atoms with E-state index in [1.54, 1.807) is 18.7 Å². The second kappa shape index (κ2) is 7.53. The number of nitrogens with zero attached hydrogens (tertiary/aromatic N) is 1. The summed E-state index contributed by atoms with van der Waals surface area (Å²) in [7, 11) is 0. The van der Waals surface area contributed by atoms with Gasteiger partial charge in [0.15, 0.2) is 0 Å². The third-order valence-electron chi connectivity index (χ3n) is 0.945. The van der Waals surface area contributed by atoms with Gasteiger partial charge in [0, 0.05) is 12.4 Å². The molecule has 0 aliphatic carbocycles. The molecule has 1 aromatic rings. The van der Waals surface area contributed by atoms with E-state index < -0.39 is 0 Å². The van der Waals surface area contributed by atoms with Crippen molar-refractivity contribution in [2.24, 2.45) is 0 Å². The maximum Gasteiger partial charge on any atom is 0.146 e. The van der Waals surface area contributed by atoms with Crippen molar-refractivity contribution in [2.45, 2.75) is 0 Å². The van der Waals surface area contributed by atoms with E-state index in [1.165, 1.54) is 0 Å². The molecule has 1 aliphatic heterocycles. The van der Waals surface area contributed by atoms with Crippen molar-refractivity contribution in [1.82, 2.24) is 9.97 Å². The third kappa shape index (κ3) is 5.84. The van der Waals surface area contributed by atoms with Gasteiger partial charge in [0.1, 0.15) is 6.79 Å². The van der Waals surface area contributed by atoms with Crippen molar-refractivity contribution in [1.29, 1.82) is 0 Å². The minimum absolute atomic E-state index is 0. The molecule has 1 saturated heterocycles. The average molecular weight is 179 g/mol. The molecule has 0 saturated carbocycles. The first-order chi connectivity index (χ1) is 5.00. The number of aromatic amines is 1. The Kier molecular flexibility index (Phi) is 7.13. The summed E-state index contributed by atoms with van der Waals surface area (Å²) in [6, 6.07) is 0. The number of hydrogen-bond donors (Lipinski definition) is 1. The predicted octanol–water partition coefficient (Wildman–Crippen LogP) is 0.822. The lowest BCUT2D eigenvalue weighted by atomic mass is 10.8. The predicted molar refractivity (Wildman–Crippen MR) is 42.6 cm³/mol. The number of ether oxygens (including phenoxy) is 2. The number of hydrogen-bond acceptors (Lipinski definition) is 3. The van der Waals surface area contributed by atoms with Crippen LogP contribution in [0.3, 0.4) is 0 Å². The summed E-state index contributed by atoms with van der Waals surface area (Å²) in [5.74, 6) is 0. The first-order valence-electron chi connectivity index (χ1n) is 3.08. The van der Waals surface area contributed by atoms with Crippen molar-refractivity contribution in [3.05, 3.63) is 18.7 Å². The number of halogens is 1. The number of imidazole rings is 1. The Hall–Kier alpha value is -0.580. The van der Waals surface area contributed by atoms with E-state index in [9.17, 15) is 0 Å². The summed E-state index contributed by atoms with van der Waals surface area (Å²) in [4.78, 5) is 6.42. The highest BCUT2D eigenvalue weighted by molar-refractivity contribution is 5.85. The fraction of sp³-hybridized carbons (Fsp3) is 0.500. The molecule has 1 fully saturated rings. The topological polar surface area (TPSA) is 47.1 Å². The first-order valence-corrected chi connectivity index (χ1v) is 3.08. The van der Waals surface area contributed by atoms with E-state index in [4.69, 9.17) is 9.47 Å². The Morgan fingerprint density at radius 3 is 2.18 bits per heavy atom. The van der Waals surface area contributed by atoms with Crippen LogP contribution in [0, 0.1) is 0 Å². The van der Waals surface area contributed by atoms with Crippen molar-refractivity contribution in [3.63, 3.8) is 0 Å². The van der Waals surface area contributed by atoms with Gasteiger partial charge in [0.05, 0.1) is 19.5 Å². The molecular formula is C6H11ClN2O2. The first kappa shape index (κ1) is 10.4. The maximum atomic E-state index is 4.72. The molecule has 0 amide bonds. The molecule has 1 aromatic heterocycles. The van der Waals surface area contributed by atoms with Crippen molar-refractivity contribution in [3.8, 4) is 0 Å². The number of H-pyrrole nitrogens is 1. The summed E-state index contributed by atoms with van der Waals surface area (Å²) >= 11 is 0.